The molecule has 216 valence electrons. The van der Waals surface area contributed by atoms with E-state index in [1.165, 1.54) is 0 Å². The van der Waals surface area contributed by atoms with Crippen molar-refractivity contribution in [2.45, 2.75) is 53.6 Å². The zero-order chi connectivity index (χ0) is 28.9. The second-order valence-corrected chi connectivity index (χ2v) is 14.5. The molecule has 4 unspecified atom stereocenters. The molecule has 42 heavy (non-hydrogen) atoms. The molecule has 10 heteroatoms. The lowest BCUT2D eigenvalue weighted by Crippen LogP contribution is -2.64. The lowest BCUT2D eigenvalue weighted by atomic mass is 9.73. The van der Waals surface area contributed by atoms with Crippen LogP contribution in [0.25, 0.3) is 10.9 Å². The summed E-state index contributed by atoms with van der Waals surface area (Å²) in [6.45, 7) is 0. The van der Waals surface area contributed by atoms with Crippen molar-refractivity contribution in [3.05, 3.63) is 96.7 Å². The molecule has 4 aliphatic rings. The predicted octanol–water partition coefficient (Wildman–Crippen LogP) is 4.28. The molecule has 8 rings (SSSR count). The average Bonchev–Trinajstić information content (AvgIpc) is 3.81. The summed E-state index contributed by atoms with van der Waals surface area (Å²) < 4.78 is 33.7. The standard InChI is InChI=1S/C32H35N7O2S/c1-36-16-15-32-27(18-31(35-30(32)36)13-7-8-14-31)39(24-11-12-26-22(17-24)19-34-38(26)3)28(23-20-33-37(2)21-23)29(32)42(40,41)25-9-5-4-6-10-25/h4-6,9-12,15-21,28-30,35H,7-8,13-14H2,1-3H3. The minimum absolute atomic E-state index is 0.189. The van der Waals surface area contributed by atoms with Crippen LogP contribution in [0.4, 0.5) is 5.69 Å². The van der Waals surface area contributed by atoms with Gasteiger partial charge in [0.05, 0.1) is 40.4 Å². The van der Waals surface area contributed by atoms with Gasteiger partial charge in [-0.05, 0) is 55.4 Å². The Balaban J connectivity index is 1.46. The van der Waals surface area contributed by atoms with Crippen LogP contribution in [0.15, 0.2) is 96.1 Å². The first-order valence-electron chi connectivity index (χ1n) is 14.6. The Bertz CT molecular complexity index is 1870. The molecule has 2 aromatic heterocycles. The molecule has 0 radical (unpaired) electrons. The van der Waals surface area contributed by atoms with Crippen molar-refractivity contribution in [2.75, 3.05) is 11.9 Å². The molecule has 4 aromatic rings. The molecule has 5 heterocycles. The third-order valence-electron chi connectivity index (χ3n) is 10.00. The second-order valence-electron chi connectivity index (χ2n) is 12.4. The zero-order valence-electron chi connectivity index (χ0n) is 24.1. The zero-order valence-corrected chi connectivity index (χ0v) is 24.9. The predicted molar refractivity (Wildman–Crippen MR) is 162 cm³/mol. The van der Waals surface area contributed by atoms with Gasteiger partial charge in [0, 0.05) is 55.2 Å². The van der Waals surface area contributed by atoms with Gasteiger partial charge in [-0.1, -0.05) is 37.1 Å². The Morgan fingerprint density at radius 1 is 0.976 bits per heavy atom. The number of benzene rings is 2. The van der Waals surface area contributed by atoms with Crippen LogP contribution in [-0.2, 0) is 23.9 Å². The Hall–Kier alpha value is -3.89. The van der Waals surface area contributed by atoms with E-state index in [1.54, 1.807) is 16.8 Å². The van der Waals surface area contributed by atoms with Gasteiger partial charge in [0.2, 0.25) is 0 Å². The van der Waals surface area contributed by atoms with E-state index in [0.29, 0.717) is 4.90 Å². The molecule has 3 aliphatic heterocycles. The Kier molecular flexibility index (Phi) is 5.41. The number of hydrogen-bond acceptors (Lipinski definition) is 7. The summed E-state index contributed by atoms with van der Waals surface area (Å²) in [4.78, 5) is 4.82. The SMILES string of the molecule is CN1C=CC23C(=CC4(CCCC4)NC12)N(c1ccc2c(cnn2C)c1)C(c1cnn(C)c1)C3S(=O)(=O)c1ccccc1. The number of aryl methyl sites for hydroxylation is 2. The molecule has 9 nitrogen and oxygen atoms in total. The van der Waals surface area contributed by atoms with Crippen molar-refractivity contribution < 1.29 is 8.42 Å². The van der Waals surface area contributed by atoms with Crippen LogP contribution in [0.1, 0.15) is 37.3 Å². The monoisotopic (exact) mass is 581 g/mol. The van der Waals surface area contributed by atoms with Crippen LogP contribution in [0.2, 0.25) is 0 Å². The summed E-state index contributed by atoms with van der Waals surface area (Å²) in [7, 11) is 2.03. The third kappa shape index (κ3) is 3.42. The molecular formula is C32H35N7O2S. The Morgan fingerprint density at radius 2 is 1.76 bits per heavy atom. The van der Waals surface area contributed by atoms with Crippen LogP contribution in [0, 0.1) is 5.41 Å². The van der Waals surface area contributed by atoms with E-state index in [1.807, 2.05) is 55.6 Å². The minimum atomic E-state index is -3.85. The van der Waals surface area contributed by atoms with Crippen molar-refractivity contribution in [2.24, 2.45) is 19.5 Å². The average molecular weight is 582 g/mol. The molecule has 1 saturated carbocycles. The van der Waals surface area contributed by atoms with Gasteiger partial charge in [-0.15, -0.1) is 0 Å². The van der Waals surface area contributed by atoms with Gasteiger partial charge >= 0.3 is 0 Å². The molecule has 2 fully saturated rings. The molecule has 0 bridgehead atoms. The summed E-state index contributed by atoms with van der Waals surface area (Å²) in [6, 6.07) is 14.8. The van der Waals surface area contributed by atoms with Gasteiger partial charge in [0.25, 0.3) is 0 Å². The number of fused-ring (bicyclic) bond motifs is 1. The first-order chi connectivity index (χ1) is 20.2. The summed E-state index contributed by atoms with van der Waals surface area (Å²) in [6.07, 6.45) is 16.4. The van der Waals surface area contributed by atoms with Crippen LogP contribution < -0.4 is 10.2 Å². The van der Waals surface area contributed by atoms with Crippen LogP contribution in [0.3, 0.4) is 0 Å². The fourth-order valence-electron chi connectivity index (χ4n) is 8.12. The van der Waals surface area contributed by atoms with Crippen molar-refractivity contribution in [1.29, 1.82) is 0 Å². The lowest BCUT2D eigenvalue weighted by molar-refractivity contribution is 0.136. The summed E-state index contributed by atoms with van der Waals surface area (Å²) >= 11 is 0. The van der Waals surface area contributed by atoms with Crippen molar-refractivity contribution in [3.63, 3.8) is 0 Å². The van der Waals surface area contributed by atoms with Crippen LogP contribution >= 0.6 is 0 Å². The summed E-state index contributed by atoms with van der Waals surface area (Å²) in [5.41, 5.74) is 2.89. The van der Waals surface area contributed by atoms with Crippen LogP contribution in [0.5, 0.6) is 0 Å². The van der Waals surface area contributed by atoms with E-state index in [2.05, 4.69) is 68.9 Å². The number of anilines is 1. The molecule has 4 atom stereocenters. The van der Waals surface area contributed by atoms with Crippen molar-refractivity contribution in [3.8, 4) is 0 Å². The molecule has 1 N–H and O–H groups in total. The number of nitrogens with one attached hydrogen (secondary N) is 1. The van der Waals surface area contributed by atoms with Crippen molar-refractivity contribution in [1.82, 2.24) is 29.8 Å². The van der Waals surface area contributed by atoms with E-state index in [0.717, 1.165) is 53.5 Å². The highest BCUT2D eigenvalue weighted by Crippen LogP contribution is 2.63. The van der Waals surface area contributed by atoms with Gasteiger partial charge in [-0.25, -0.2) is 8.42 Å². The lowest BCUT2D eigenvalue weighted by Gasteiger charge is -2.49. The maximum Gasteiger partial charge on any atom is 0.185 e. The van der Waals surface area contributed by atoms with Gasteiger partial charge in [0.15, 0.2) is 9.84 Å². The normalized spacial score (nSPS) is 28.1. The van der Waals surface area contributed by atoms with Gasteiger partial charge in [-0.2, -0.15) is 10.2 Å². The highest BCUT2D eigenvalue weighted by molar-refractivity contribution is 7.92. The molecule has 0 amide bonds. The fraction of sp³-hybridized carbons (Fsp3) is 0.375. The Morgan fingerprint density at radius 3 is 2.50 bits per heavy atom. The number of aromatic nitrogens is 4. The maximum absolute atomic E-state index is 15.1. The topological polar surface area (TPSA) is 88.3 Å². The Labute approximate surface area is 246 Å². The van der Waals surface area contributed by atoms with E-state index in [4.69, 9.17) is 0 Å². The third-order valence-corrected chi connectivity index (χ3v) is 12.2. The van der Waals surface area contributed by atoms with E-state index in [-0.39, 0.29) is 11.7 Å². The second kappa shape index (κ2) is 8.81. The maximum atomic E-state index is 15.1. The minimum Gasteiger partial charge on any atom is -0.364 e. The number of hydrogen-bond donors (Lipinski definition) is 1. The highest BCUT2D eigenvalue weighted by atomic mass is 32.2. The molecule has 1 aliphatic carbocycles. The van der Waals surface area contributed by atoms with Crippen LogP contribution in [-0.4, -0.2) is 56.9 Å². The quantitative estimate of drug-likeness (QED) is 0.385. The van der Waals surface area contributed by atoms with Gasteiger partial charge in [-0.3, -0.25) is 14.7 Å². The molecule has 2 aromatic carbocycles. The molecular weight excluding hydrogens is 546 g/mol. The molecule has 1 saturated heterocycles. The highest BCUT2D eigenvalue weighted by Gasteiger charge is 2.69. The summed E-state index contributed by atoms with van der Waals surface area (Å²) in [5, 5.41) is 13.2. The smallest absolute Gasteiger partial charge is 0.185 e. The van der Waals surface area contributed by atoms with Crippen molar-refractivity contribution >= 4 is 26.4 Å². The largest absolute Gasteiger partial charge is 0.364 e. The van der Waals surface area contributed by atoms with Gasteiger partial charge in [0.1, 0.15) is 5.25 Å². The van der Waals surface area contributed by atoms with E-state index < -0.39 is 26.5 Å². The number of nitrogens with zero attached hydrogens (tertiary/aromatic N) is 6. The van der Waals surface area contributed by atoms with Gasteiger partial charge < -0.3 is 9.80 Å². The number of sulfone groups is 1. The summed E-state index contributed by atoms with van der Waals surface area (Å²) in [5.74, 6) is 0. The first-order valence-corrected chi connectivity index (χ1v) is 16.2. The van der Waals surface area contributed by atoms with E-state index in [9.17, 15) is 0 Å². The fourth-order valence-corrected chi connectivity index (χ4v) is 10.4. The molecule has 2 spiro atoms. The number of rotatable bonds is 4. The first kappa shape index (κ1) is 25.8. The van der Waals surface area contributed by atoms with E-state index >= 15 is 8.42 Å².